The van der Waals surface area contributed by atoms with E-state index >= 15 is 0 Å². The third-order valence-electron chi connectivity index (χ3n) is 8.45. The lowest BCUT2D eigenvalue weighted by atomic mass is 9.89. The molecule has 1 unspecified atom stereocenters. The second-order valence-corrected chi connectivity index (χ2v) is 11.2. The summed E-state index contributed by atoms with van der Waals surface area (Å²) in [6.07, 6.45) is 1.96. The van der Waals surface area contributed by atoms with Crippen molar-refractivity contribution >= 4 is 11.8 Å². The fourth-order valence-corrected chi connectivity index (χ4v) is 6.12. The quantitative estimate of drug-likeness (QED) is 0.460. The molecule has 2 amide bonds. The van der Waals surface area contributed by atoms with Gasteiger partial charge in [-0.15, -0.1) is 0 Å². The summed E-state index contributed by atoms with van der Waals surface area (Å²) in [4.78, 5) is 42.9. The number of rotatable bonds is 6. The van der Waals surface area contributed by atoms with Gasteiger partial charge >= 0.3 is 0 Å². The number of pyridine rings is 1. The summed E-state index contributed by atoms with van der Waals surface area (Å²) in [5.74, 6) is -5.15. The predicted octanol–water partition coefficient (Wildman–Crippen LogP) is 4.09. The van der Waals surface area contributed by atoms with Gasteiger partial charge in [0.1, 0.15) is 35.2 Å². The van der Waals surface area contributed by atoms with Crippen LogP contribution in [-0.4, -0.2) is 52.4 Å². The molecule has 4 heterocycles. The van der Waals surface area contributed by atoms with E-state index in [1.165, 1.54) is 6.20 Å². The number of halogens is 3. The number of aromatic nitrogens is 1. The number of fused-ring (bicyclic) bond motifs is 5. The third kappa shape index (κ3) is 5.18. The van der Waals surface area contributed by atoms with E-state index in [1.54, 1.807) is 40.7 Å². The van der Waals surface area contributed by atoms with Crippen molar-refractivity contribution in [2.45, 2.75) is 63.8 Å². The van der Waals surface area contributed by atoms with Crippen molar-refractivity contribution in [3.05, 3.63) is 98.7 Å². The molecular formula is C31H30F3N3O6. The summed E-state index contributed by atoms with van der Waals surface area (Å²) in [6.45, 7) is 3.49. The van der Waals surface area contributed by atoms with Crippen LogP contribution in [0.5, 0.6) is 5.75 Å². The topological polar surface area (TPSA) is 99.1 Å². The van der Waals surface area contributed by atoms with E-state index in [9.17, 15) is 27.6 Å². The molecule has 1 spiro atoms. The summed E-state index contributed by atoms with van der Waals surface area (Å²) < 4.78 is 61.6. The molecule has 2 bridgehead atoms. The lowest BCUT2D eigenvalue weighted by Gasteiger charge is -2.42. The molecule has 0 radical (unpaired) electrons. The Morgan fingerprint density at radius 3 is 2.51 bits per heavy atom. The van der Waals surface area contributed by atoms with Crippen LogP contribution in [0, 0.1) is 17.5 Å². The lowest BCUT2D eigenvalue weighted by Crippen LogP contribution is -2.53. The first-order valence-electron chi connectivity index (χ1n) is 14.1. The second kappa shape index (κ2) is 11.2. The fourth-order valence-electron chi connectivity index (χ4n) is 6.12. The van der Waals surface area contributed by atoms with Crippen molar-refractivity contribution in [3.8, 4) is 5.75 Å². The number of carbonyl (C=O) groups excluding carboxylic acids is 2. The van der Waals surface area contributed by atoms with Gasteiger partial charge in [-0.3, -0.25) is 14.4 Å². The normalized spacial score (nSPS) is 24.5. The Morgan fingerprint density at radius 2 is 1.84 bits per heavy atom. The molecule has 4 atom stereocenters. The summed E-state index contributed by atoms with van der Waals surface area (Å²) in [5.41, 5.74) is -1.95. The van der Waals surface area contributed by atoms with E-state index in [1.807, 2.05) is 13.0 Å². The number of benzene rings is 2. The maximum absolute atomic E-state index is 14.3. The van der Waals surface area contributed by atoms with Crippen LogP contribution in [0.1, 0.15) is 64.7 Å². The van der Waals surface area contributed by atoms with E-state index in [2.05, 4.69) is 5.32 Å². The summed E-state index contributed by atoms with van der Waals surface area (Å²) in [5, 5.41) is 2.36. The molecule has 2 saturated heterocycles. The Labute approximate surface area is 245 Å². The maximum Gasteiger partial charge on any atom is 0.274 e. The summed E-state index contributed by atoms with van der Waals surface area (Å²) in [7, 11) is 0. The molecule has 2 aromatic carbocycles. The standard InChI is InChI=1S/C31H30F3N3O6/c1-17-8-9-31(16-42-18(2)43-31)25-14-36(17)30(40)26-28(41-15-19-6-4-3-5-7-19)27(38)22(13-37(25)26)29(39)35-12-21-23(33)10-20(32)11-24(21)34/h3-7,10-11,13,17-18,25H,8-9,12,14-16H2,1-2H3,(H,35,39)/t17-,18?,25+,31-/m0/s1. The third-order valence-corrected chi connectivity index (χ3v) is 8.45. The van der Waals surface area contributed by atoms with E-state index in [4.69, 9.17) is 14.2 Å². The van der Waals surface area contributed by atoms with E-state index in [0.29, 0.717) is 25.0 Å². The van der Waals surface area contributed by atoms with Gasteiger partial charge in [0, 0.05) is 43.0 Å². The molecule has 1 N–H and O–H groups in total. The van der Waals surface area contributed by atoms with Gasteiger partial charge in [-0.05, 0) is 32.3 Å². The zero-order valence-electron chi connectivity index (χ0n) is 23.6. The first kappa shape index (κ1) is 28.9. The molecule has 12 heteroatoms. The average molecular weight is 598 g/mol. The average Bonchev–Trinajstić information content (AvgIpc) is 3.30. The van der Waals surface area contributed by atoms with Gasteiger partial charge in [-0.2, -0.15) is 0 Å². The Kier molecular flexibility index (Phi) is 7.51. The highest BCUT2D eigenvalue weighted by molar-refractivity contribution is 5.99. The molecule has 43 heavy (non-hydrogen) atoms. The minimum atomic E-state index is -1.18. The number of amides is 2. The highest BCUT2D eigenvalue weighted by atomic mass is 19.1. The van der Waals surface area contributed by atoms with Gasteiger partial charge in [0.05, 0.1) is 12.6 Å². The zero-order chi connectivity index (χ0) is 30.5. The smallest absolute Gasteiger partial charge is 0.274 e. The van der Waals surface area contributed by atoms with Crippen molar-refractivity contribution in [2.24, 2.45) is 0 Å². The number of ether oxygens (including phenoxy) is 3. The molecule has 0 saturated carbocycles. The fraction of sp³-hybridized carbons (Fsp3) is 0.387. The Balaban J connectivity index is 1.45. The van der Waals surface area contributed by atoms with Crippen LogP contribution >= 0.6 is 0 Å². The molecule has 3 aliphatic heterocycles. The van der Waals surface area contributed by atoms with E-state index < -0.39 is 70.3 Å². The Morgan fingerprint density at radius 1 is 1.12 bits per heavy atom. The zero-order valence-corrected chi connectivity index (χ0v) is 23.6. The number of hydrogen-bond donors (Lipinski definition) is 1. The van der Waals surface area contributed by atoms with Crippen LogP contribution in [0.15, 0.2) is 53.5 Å². The number of hydrogen-bond acceptors (Lipinski definition) is 6. The maximum atomic E-state index is 14.3. The summed E-state index contributed by atoms with van der Waals surface area (Å²) in [6, 6.07) is 9.31. The molecule has 1 aromatic heterocycles. The van der Waals surface area contributed by atoms with Crippen LogP contribution in [0.4, 0.5) is 13.2 Å². The molecule has 2 fully saturated rings. The van der Waals surface area contributed by atoms with E-state index in [-0.39, 0.29) is 37.2 Å². The predicted molar refractivity (Wildman–Crippen MR) is 147 cm³/mol. The van der Waals surface area contributed by atoms with Gasteiger partial charge in [-0.25, -0.2) is 13.2 Å². The van der Waals surface area contributed by atoms with Crippen LogP contribution in [0.3, 0.4) is 0 Å². The minimum Gasteiger partial charge on any atom is -0.483 e. The first-order valence-corrected chi connectivity index (χ1v) is 14.1. The van der Waals surface area contributed by atoms with Crippen LogP contribution in [0.2, 0.25) is 0 Å². The molecule has 3 aliphatic rings. The molecule has 9 nitrogen and oxygen atoms in total. The van der Waals surface area contributed by atoms with Crippen LogP contribution in [0.25, 0.3) is 0 Å². The summed E-state index contributed by atoms with van der Waals surface area (Å²) >= 11 is 0. The molecule has 226 valence electrons. The highest BCUT2D eigenvalue weighted by Crippen LogP contribution is 2.45. The largest absolute Gasteiger partial charge is 0.483 e. The second-order valence-electron chi connectivity index (χ2n) is 11.2. The van der Waals surface area contributed by atoms with Gasteiger partial charge in [-0.1, -0.05) is 30.3 Å². The van der Waals surface area contributed by atoms with Crippen molar-refractivity contribution in [1.29, 1.82) is 0 Å². The Bertz CT molecular complexity index is 1620. The van der Waals surface area contributed by atoms with Crippen molar-refractivity contribution < 1.29 is 37.0 Å². The molecule has 3 aromatic rings. The number of nitrogens with zero attached hydrogens (tertiary/aromatic N) is 2. The molecular weight excluding hydrogens is 567 g/mol. The van der Waals surface area contributed by atoms with Crippen molar-refractivity contribution in [2.75, 3.05) is 13.2 Å². The van der Waals surface area contributed by atoms with Crippen LogP contribution < -0.4 is 15.5 Å². The number of nitrogens with one attached hydrogen (secondary N) is 1. The molecule has 6 rings (SSSR count). The van der Waals surface area contributed by atoms with Gasteiger partial charge in [0.15, 0.2) is 17.7 Å². The monoisotopic (exact) mass is 597 g/mol. The van der Waals surface area contributed by atoms with Crippen molar-refractivity contribution in [1.82, 2.24) is 14.8 Å². The lowest BCUT2D eigenvalue weighted by molar-refractivity contribution is -0.0988. The van der Waals surface area contributed by atoms with Crippen LogP contribution in [-0.2, 0) is 22.6 Å². The van der Waals surface area contributed by atoms with Gasteiger partial charge in [0.25, 0.3) is 11.8 Å². The Hall–Kier alpha value is -4.16. The first-order chi connectivity index (χ1) is 20.6. The van der Waals surface area contributed by atoms with Gasteiger partial charge < -0.3 is 29.0 Å². The van der Waals surface area contributed by atoms with E-state index in [0.717, 1.165) is 5.56 Å². The molecule has 0 aliphatic carbocycles. The van der Waals surface area contributed by atoms with Gasteiger partial charge in [0.2, 0.25) is 5.43 Å². The van der Waals surface area contributed by atoms with Crippen molar-refractivity contribution in [3.63, 3.8) is 0 Å². The minimum absolute atomic E-state index is 0.0133. The SMILES string of the molecule is CC1OC[C@]2(CC[C@H](C)N3C[C@H]2n2cc(C(=O)NCc4c(F)cc(F)cc4F)c(=O)c(OCc4ccccc4)c2C3=O)O1. The highest BCUT2D eigenvalue weighted by Gasteiger charge is 2.54. The number of carbonyl (C=O) groups is 2.